The average molecular weight is 398 g/mol. The summed E-state index contributed by atoms with van der Waals surface area (Å²) in [5.41, 5.74) is 0. The first kappa shape index (κ1) is 19.8. The van der Waals surface area contributed by atoms with Crippen LogP contribution in [0, 0.1) is 0 Å². The van der Waals surface area contributed by atoms with E-state index < -0.39 is 51.0 Å². The van der Waals surface area contributed by atoms with E-state index in [-0.39, 0.29) is 0 Å². The van der Waals surface area contributed by atoms with Gasteiger partial charge < -0.3 is 0 Å². The Morgan fingerprint density at radius 3 is 1.87 bits per heavy atom. The van der Waals surface area contributed by atoms with Crippen LogP contribution in [0.1, 0.15) is 12.7 Å². The van der Waals surface area contributed by atoms with Gasteiger partial charge in [0.25, 0.3) is 14.2 Å². The van der Waals surface area contributed by atoms with Crippen molar-refractivity contribution in [1.29, 1.82) is 0 Å². The number of halogens is 9. The second-order valence-electron chi connectivity index (χ2n) is 4.00. The molecular weight excluding hydrogens is 394 g/mol. The van der Waals surface area contributed by atoms with E-state index in [4.69, 9.17) is 0 Å². The molecule has 0 saturated carbocycles. The summed E-state index contributed by atoms with van der Waals surface area (Å²) in [6, 6.07) is 0. The van der Waals surface area contributed by atoms with Crippen LogP contribution < -0.4 is 0 Å². The number of aromatic nitrogens is 3. The fourth-order valence-electron chi connectivity index (χ4n) is 1.01. The van der Waals surface area contributed by atoms with E-state index >= 15 is 0 Å². The summed E-state index contributed by atoms with van der Waals surface area (Å²) in [4.78, 5) is 2.40. The highest BCUT2D eigenvalue weighted by atomic mass is 35.7. The van der Waals surface area contributed by atoms with Gasteiger partial charge in [0.1, 0.15) is 0 Å². The predicted octanol–water partition coefficient (Wildman–Crippen LogP) is 2.68. The van der Waals surface area contributed by atoms with Gasteiger partial charge in [-0.25, -0.2) is 8.42 Å². The minimum absolute atomic E-state index is 0.529. The Kier molecular flexibility index (Phi) is 4.66. The highest BCUT2D eigenvalue weighted by Crippen LogP contribution is 2.48. The van der Waals surface area contributed by atoms with Crippen LogP contribution in [0.25, 0.3) is 0 Å². The van der Waals surface area contributed by atoms with E-state index in [0.717, 1.165) is 5.10 Å². The Morgan fingerprint density at radius 2 is 1.57 bits per heavy atom. The van der Waals surface area contributed by atoms with E-state index in [9.17, 15) is 43.5 Å². The smallest absolute Gasteiger partial charge is 0.263 e. The molecule has 0 bridgehead atoms. The summed E-state index contributed by atoms with van der Waals surface area (Å²) in [6.07, 6.45) is -12.3. The molecule has 0 saturated heterocycles. The first-order valence-electron chi connectivity index (χ1n) is 5.01. The second-order valence-corrected chi connectivity index (χ2v) is 6.46. The highest BCUT2D eigenvalue weighted by molar-refractivity contribution is 8.13. The minimum atomic E-state index is -6.35. The normalized spacial score (nSPS) is 17.1. The summed E-state index contributed by atoms with van der Waals surface area (Å²) >= 11 is 0. The van der Waals surface area contributed by atoms with Crippen LogP contribution in [0.4, 0.5) is 35.1 Å². The van der Waals surface area contributed by atoms with Gasteiger partial charge in [-0.15, -0.1) is 5.10 Å². The molecule has 6 nitrogen and oxygen atoms in total. The lowest BCUT2D eigenvalue weighted by Gasteiger charge is -2.31. The molecule has 0 aliphatic rings. The Hall–Kier alpha value is -1.22. The van der Waals surface area contributed by atoms with E-state index in [1.807, 2.05) is 0 Å². The lowest BCUT2D eigenvalue weighted by Crippen LogP contribution is -2.52. The minimum Gasteiger partial charge on any atom is -0.263 e. The van der Waals surface area contributed by atoms with Crippen LogP contribution in [-0.2, 0) is 19.6 Å². The first-order chi connectivity index (χ1) is 9.92. The molecule has 0 aliphatic heterocycles. The standard InChI is InChI=1S/C7H4ClF8N3O3S/c1-4(9,10)7(15,16)22-5(11,6(12,13)14)2-17-3(19-18-2)23(8,20)21/h1H3,(H,17,18,19). The Bertz CT molecular complexity index is 684. The van der Waals surface area contributed by atoms with Crippen molar-refractivity contribution >= 4 is 19.7 Å². The van der Waals surface area contributed by atoms with Gasteiger partial charge in [-0.1, -0.05) is 0 Å². The van der Waals surface area contributed by atoms with Crippen LogP contribution in [0.15, 0.2) is 5.16 Å². The molecule has 0 radical (unpaired) electrons. The fourth-order valence-corrected chi connectivity index (χ4v) is 1.57. The Morgan fingerprint density at radius 1 is 1.09 bits per heavy atom. The summed E-state index contributed by atoms with van der Waals surface area (Å²) in [5, 5.41) is 1.95. The molecule has 16 heteroatoms. The van der Waals surface area contributed by atoms with Crippen LogP contribution >= 0.6 is 10.7 Å². The molecule has 134 valence electrons. The van der Waals surface area contributed by atoms with Crippen molar-refractivity contribution in [3.63, 3.8) is 0 Å². The number of alkyl halides is 8. The second kappa shape index (κ2) is 5.41. The summed E-state index contributed by atoms with van der Waals surface area (Å²) in [5.74, 6) is -13.1. The molecular formula is C7H4ClF8N3O3S. The van der Waals surface area contributed by atoms with Gasteiger partial charge in [0.2, 0.25) is 5.82 Å². The Labute approximate surface area is 126 Å². The van der Waals surface area contributed by atoms with Gasteiger partial charge in [-0.05, 0) is 0 Å². The lowest BCUT2D eigenvalue weighted by molar-refractivity contribution is -0.456. The predicted molar refractivity (Wildman–Crippen MR) is 54.9 cm³/mol. The van der Waals surface area contributed by atoms with Crippen molar-refractivity contribution in [3.8, 4) is 0 Å². The molecule has 1 heterocycles. The maximum atomic E-state index is 13.9. The highest BCUT2D eigenvalue weighted by Gasteiger charge is 2.69. The number of nitrogens with one attached hydrogen (secondary N) is 1. The first-order valence-corrected chi connectivity index (χ1v) is 7.32. The molecule has 0 aliphatic carbocycles. The number of ether oxygens (including phenoxy) is 1. The molecule has 1 atom stereocenters. The molecule has 1 aromatic rings. The number of hydrogen-bond acceptors (Lipinski definition) is 5. The molecule has 23 heavy (non-hydrogen) atoms. The third-order valence-corrected chi connectivity index (χ3v) is 3.16. The monoisotopic (exact) mass is 397 g/mol. The SMILES string of the molecule is CC(F)(F)C(F)(F)OC(F)(c1nc(S(=O)(=O)Cl)n[nH]1)C(F)(F)F. The van der Waals surface area contributed by atoms with Gasteiger partial charge in [-0.3, -0.25) is 9.84 Å². The summed E-state index contributed by atoms with van der Waals surface area (Å²) in [7, 11) is -0.210. The van der Waals surface area contributed by atoms with Gasteiger partial charge in [0.05, 0.1) is 0 Å². The quantitative estimate of drug-likeness (QED) is 0.610. The zero-order valence-corrected chi connectivity index (χ0v) is 12.0. The number of rotatable bonds is 5. The zero-order valence-electron chi connectivity index (χ0n) is 10.4. The average Bonchev–Trinajstić information content (AvgIpc) is 2.73. The zero-order chi connectivity index (χ0) is 18.5. The lowest BCUT2D eigenvalue weighted by atomic mass is 10.2. The molecule has 1 aromatic heterocycles. The van der Waals surface area contributed by atoms with Crippen molar-refractivity contribution < 1.29 is 48.3 Å². The fraction of sp³-hybridized carbons (Fsp3) is 0.714. The third-order valence-electron chi connectivity index (χ3n) is 2.13. The van der Waals surface area contributed by atoms with Crippen LogP contribution in [0.2, 0.25) is 0 Å². The van der Waals surface area contributed by atoms with Crippen molar-refractivity contribution in [3.05, 3.63) is 5.82 Å². The maximum absolute atomic E-state index is 13.9. The Balaban J connectivity index is 3.44. The van der Waals surface area contributed by atoms with Gasteiger partial charge in [0.15, 0.2) is 0 Å². The third kappa shape index (κ3) is 3.82. The largest absolute Gasteiger partial charge is 0.456 e. The maximum Gasteiger partial charge on any atom is 0.456 e. The van der Waals surface area contributed by atoms with Gasteiger partial charge in [-0.2, -0.15) is 40.1 Å². The van der Waals surface area contributed by atoms with E-state index in [1.165, 1.54) is 0 Å². The molecule has 0 fully saturated rings. The van der Waals surface area contributed by atoms with Gasteiger partial charge >= 0.3 is 24.1 Å². The van der Waals surface area contributed by atoms with Crippen molar-refractivity contribution in [2.45, 2.75) is 36.1 Å². The molecule has 1 N–H and O–H groups in total. The van der Waals surface area contributed by atoms with E-state index in [0.29, 0.717) is 0 Å². The molecule has 0 amide bonds. The van der Waals surface area contributed by atoms with E-state index in [1.54, 1.807) is 0 Å². The number of hydrogen-bond donors (Lipinski definition) is 1. The van der Waals surface area contributed by atoms with Crippen LogP contribution in [0.3, 0.4) is 0 Å². The van der Waals surface area contributed by atoms with Crippen molar-refractivity contribution in [1.82, 2.24) is 15.2 Å². The summed E-state index contributed by atoms with van der Waals surface area (Å²) < 4.78 is 127. The number of aromatic amines is 1. The number of H-pyrrole nitrogens is 1. The molecule has 1 unspecified atom stereocenters. The van der Waals surface area contributed by atoms with Gasteiger partial charge in [0, 0.05) is 17.6 Å². The van der Waals surface area contributed by atoms with Crippen LogP contribution in [0.5, 0.6) is 0 Å². The summed E-state index contributed by atoms with van der Waals surface area (Å²) in [6.45, 7) is -0.529. The molecule has 1 rings (SSSR count). The van der Waals surface area contributed by atoms with Crippen molar-refractivity contribution in [2.75, 3.05) is 0 Å². The number of nitrogens with zero attached hydrogens (tertiary/aromatic N) is 2. The molecule has 0 aromatic carbocycles. The van der Waals surface area contributed by atoms with Crippen molar-refractivity contribution in [2.24, 2.45) is 0 Å². The molecule has 0 spiro atoms. The van der Waals surface area contributed by atoms with Crippen LogP contribution in [-0.4, -0.2) is 41.8 Å². The topological polar surface area (TPSA) is 84.9 Å². The van der Waals surface area contributed by atoms with E-state index in [2.05, 4.69) is 25.5 Å².